The van der Waals surface area contributed by atoms with Gasteiger partial charge in [0.1, 0.15) is 36.1 Å². The number of aromatic nitrogens is 4. The first-order chi connectivity index (χ1) is 33.9. The van der Waals surface area contributed by atoms with Crippen LogP contribution in [0, 0.1) is 11.8 Å². The molecule has 17 nitrogen and oxygen atoms in total. The van der Waals surface area contributed by atoms with Gasteiger partial charge in [-0.3, -0.25) is 14.5 Å². The number of H-pyrrole nitrogens is 2. The summed E-state index contributed by atoms with van der Waals surface area (Å²) in [4.78, 5) is 78.4. The Morgan fingerprint density at radius 2 is 1.10 bits per heavy atom. The van der Waals surface area contributed by atoms with E-state index in [4.69, 9.17) is 24.2 Å². The molecule has 374 valence electrons. The molecule has 70 heavy (non-hydrogen) atoms. The summed E-state index contributed by atoms with van der Waals surface area (Å²) in [6.45, 7) is 12.7. The summed E-state index contributed by atoms with van der Waals surface area (Å²) in [7, 11) is 2.61. The number of alkyl carbamates (subject to hydrolysis) is 2. The molecule has 1 unspecified atom stereocenters. The maximum Gasteiger partial charge on any atom is 0.407 e. The number of ether oxygens (including phenoxy) is 3. The number of rotatable bonds is 15. The summed E-state index contributed by atoms with van der Waals surface area (Å²) >= 11 is 0. The van der Waals surface area contributed by atoms with Gasteiger partial charge in [-0.15, -0.1) is 0 Å². The first-order valence-corrected chi connectivity index (χ1v) is 25.4. The number of likely N-dealkylation sites (tertiary alicyclic amines) is 3. The molecule has 0 saturated carbocycles. The van der Waals surface area contributed by atoms with E-state index in [2.05, 4.69) is 91.1 Å². The monoisotopic (exact) mass is 959 g/mol. The Bertz CT molecular complexity index is 2490. The van der Waals surface area contributed by atoms with E-state index in [1.165, 1.54) is 33.5 Å². The predicted molar refractivity (Wildman–Crippen MR) is 267 cm³/mol. The van der Waals surface area contributed by atoms with Crippen molar-refractivity contribution < 1.29 is 33.4 Å². The molecule has 4 fully saturated rings. The summed E-state index contributed by atoms with van der Waals surface area (Å²) in [5.41, 5.74) is 6.86. The Morgan fingerprint density at radius 3 is 1.56 bits per heavy atom. The first kappa shape index (κ1) is 48.7. The van der Waals surface area contributed by atoms with Gasteiger partial charge in [0.2, 0.25) is 11.8 Å². The number of carbonyl (C=O) groups excluding carboxylic acids is 4. The van der Waals surface area contributed by atoms with E-state index in [0.29, 0.717) is 19.7 Å². The van der Waals surface area contributed by atoms with E-state index >= 15 is 0 Å². The molecule has 0 spiro atoms. The Hall–Kier alpha value is -6.36. The lowest BCUT2D eigenvalue weighted by Gasteiger charge is -2.33. The number of nitrogens with one attached hydrogen (secondary N) is 4. The predicted octanol–water partition coefficient (Wildman–Crippen LogP) is 8.47. The number of amides is 4. The second-order valence-electron chi connectivity index (χ2n) is 20.2. The van der Waals surface area contributed by atoms with E-state index < -0.39 is 24.3 Å². The summed E-state index contributed by atoms with van der Waals surface area (Å²) in [6.07, 6.45) is 7.56. The van der Waals surface area contributed by atoms with Gasteiger partial charge in [-0.1, -0.05) is 46.2 Å². The molecule has 0 radical (unpaired) electrons. The number of piperidine rings is 1. The van der Waals surface area contributed by atoms with Crippen LogP contribution in [-0.4, -0.2) is 124 Å². The Kier molecular flexibility index (Phi) is 14.8. The average molecular weight is 959 g/mol. The second kappa shape index (κ2) is 21.3. The molecule has 3 aromatic carbocycles. The zero-order chi connectivity index (χ0) is 49.1. The van der Waals surface area contributed by atoms with Gasteiger partial charge in [0.25, 0.3) is 0 Å². The van der Waals surface area contributed by atoms with Crippen molar-refractivity contribution in [2.24, 2.45) is 11.8 Å². The lowest BCUT2D eigenvalue weighted by Crippen LogP contribution is -2.51. The van der Waals surface area contributed by atoms with Crippen LogP contribution in [0.3, 0.4) is 0 Å². The molecular formula is C53H70N10O7. The second-order valence-corrected chi connectivity index (χ2v) is 20.2. The van der Waals surface area contributed by atoms with Crippen molar-refractivity contribution in [2.45, 2.75) is 122 Å². The molecule has 9 rings (SSSR count). The van der Waals surface area contributed by atoms with Crippen LogP contribution in [0.1, 0.15) is 132 Å². The minimum Gasteiger partial charge on any atom is -0.492 e. The van der Waals surface area contributed by atoms with Crippen molar-refractivity contribution in [2.75, 3.05) is 58.5 Å². The Balaban J connectivity index is 0.989. The van der Waals surface area contributed by atoms with Crippen LogP contribution < -0.4 is 20.3 Å². The van der Waals surface area contributed by atoms with E-state index in [1.54, 1.807) is 0 Å². The Morgan fingerprint density at radius 1 is 0.614 bits per heavy atom. The van der Waals surface area contributed by atoms with Crippen molar-refractivity contribution in [3.63, 3.8) is 0 Å². The number of nitrogens with zero attached hydrogens (tertiary/aromatic N) is 6. The molecule has 4 amide bonds. The van der Waals surface area contributed by atoms with Crippen molar-refractivity contribution in [1.82, 2.24) is 45.3 Å². The van der Waals surface area contributed by atoms with Gasteiger partial charge in [0.05, 0.1) is 60.5 Å². The maximum atomic E-state index is 13.9. The summed E-state index contributed by atoms with van der Waals surface area (Å²) < 4.78 is 16.0. The standard InChI is InChI=1S/C53H70N10O7/c1-32(2)46(58-52(66)68-5)50(64)61-26-10-12-44(61)48-54-38-20-14-34(30-40(38)56-48)42-22-23-43(63(42)36-16-18-37(19-17-36)70-29-28-60-24-8-7-9-25-60)35-15-21-39-41(31-35)57-49(55-39)45-13-11-27-62(45)51(65)47(33(3)4)59-53(67)69-6/h14-21,30-33,42-47H,7-13,22-29H2,1-6H3,(H,54,56)(H,55,57)(H,58,66)(H,59,67)/t42-,43-,44+,45?,46+,47+/m1/s1. The molecular weight excluding hydrogens is 889 g/mol. The van der Waals surface area contributed by atoms with Gasteiger partial charge in [0, 0.05) is 25.3 Å². The molecule has 6 atom stereocenters. The van der Waals surface area contributed by atoms with Gasteiger partial charge >= 0.3 is 12.2 Å². The number of benzene rings is 3. The third-order valence-electron chi connectivity index (χ3n) is 15.0. The number of hydrogen-bond acceptors (Lipinski definition) is 11. The third kappa shape index (κ3) is 10.3. The summed E-state index contributed by atoms with van der Waals surface area (Å²) in [5.74, 6) is 1.80. The van der Waals surface area contributed by atoms with Crippen molar-refractivity contribution >= 4 is 51.8 Å². The minimum absolute atomic E-state index is 0.0252. The molecule has 4 saturated heterocycles. The van der Waals surface area contributed by atoms with Crippen LogP contribution in [0.2, 0.25) is 0 Å². The van der Waals surface area contributed by atoms with Crippen LogP contribution in [0.5, 0.6) is 5.75 Å². The van der Waals surface area contributed by atoms with Gasteiger partial charge in [0.15, 0.2) is 0 Å². The number of imidazole rings is 2. The van der Waals surface area contributed by atoms with Crippen LogP contribution in [0.4, 0.5) is 15.3 Å². The molecule has 5 aromatic rings. The Labute approximate surface area is 410 Å². The topological polar surface area (TPSA) is 190 Å². The quantitative estimate of drug-likeness (QED) is 0.0788. The lowest BCUT2D eigenvalue weighted by molar-refractivity contribution is -0.136. The number of aromatic amines is 2. The van der Waals surface area contributed by atoms with Gasteiger partial charge in [-0.05, 0) is 136 Å². The fourth-order valence-electron chi connectivity index (χ4n) is 11.2. The van der Waals surface area contributed by atoms with Gasteiger partial charge < -0.3 is 49.5 Å². The SMILES string of the molecule is COC(=O)N[C@H](C(=O)N1CCCC1c1nc2cc([C@H]3CC[C@H](c4ccc5[nH]c([C@@H]6CCCN6C(=O)[C@@H](NC(=O)OC)C(C)C)nc5c4)N3c3ccc(OCCN4CCCCC4)cc3)ccc2[nH]1)C(C)C. The highest BCUT2D eigenvalue weighted by atomic mass is 16.5. The minimum atomic E-state index is -0.713. The number of anilines is 1. The average Bonchev–Trinajstić information content (AvgIpc) is 4.23. The molecule has 6 heterocycles. The molecule has 4 N–H and O–H groups in total. The van der Waals surface area contributed by atoms with Crippen molar-refractivity contribution in [3.8, 4) is 5.75 Å². The van der Waals surface area contributed by atoms with Crippen LogP contribution in [-0.2, 0) is 19.1 Å². The normalized spacial score (nSPS) is 21.7. The summed E-state index contributed by atoms with van der Waals surface area (Å²) in [5, 5.41) is 5.50. The highest BCUT2D eigenvalue weighted by Gasteiger charge is 2.40. The van der Waals surface area contributed by atoms with Gasteiger partial charge in [-0.25, -0.2) is 19.6 Å². The van der Waals surface area contributed by atoms with Crippen LogP contribution in [0.25, 0.3) is 22.1 Å². The zero-order valence-electron chi connectivity index (χ0n) is 41.5. The molecule has 2 aromatic heterocycles. The smallest absolute Gasteiger partial charge is 0.407 e. The van der Waals surface area contributed by atoms with Crippen molar-refractivity contribution in [3.05, 3.63) is 83.4 Å². The lowest BCUT2D eigenvalue weighted by atomic mass is 10.0. The third-order valence-corrected chi connectivity index (χ3v) is 15.0. The molecule has 17 heteroatoms. The molecule has 4 aliphatic rings. The fourth-order valence-corrected chi connectivity index (χ4v) is 11.2. The highest BCUT2D eigenvalue weighted by molar-refractivity contribution is 5.87. The van der Waals surface area contributed by atoms with E-state index in [-0.39, 0.29) is 47.8 Å². The number of hydrogen-bond donors (Lipinski definition) is 4. The van der Waals surface area contributed by atoms with E-state index in [1.807, 2.05) is 37.5 Å². The van der Waals surface area contributed by atoms with Crippen LogP contribution in [0.15, 0.2) is 60.7 Å². The zero-order valence-corrected chi connectivity index (χ0v) is 41.5. The highest BCUT2D eigenvalue weighted by Crippen LogP contribution is 2.48. The van der Waals surface area contributed by atoms with Gasteiger partial charge in [-0.2, -0.15) is 0 Å². The first-order valence-electron chi connectivity index (χ1n) is 25.4. The summed E-state index contributed by atoms with van der Waals surface area (Å²) in [6, 6.07) is 19.6. The number of methoxy groups -OCH3 is 2. The molecule has 4 aliphatic heterocycles. The van der Waals surface area contributed by atoms with E-state index in [9.17, 15) is 19.2 Å². The maximum absolute atomic E-state index is 13.9. The number of carbonyl (C=O) groups is 4. The van der Waals surface area contributed by atoms with Crippen molar-refractivity contribution in [1.29, 1.82) is 0 Å². The molecule has 0 bridgehead atoms. The fraction of sp³-hybridized carbons (Fsp3) is 0.547. The number of fused-ring (bicyclic) bond motifs is 2. The molecule has 0 aliphatic carbocycles. The van der Waals surface area contributed by atoms with E-state index in [0.717, 1.165) is 114 Å². The van der Waals surface area contributed by atoms with Crippen LogP contribution >= 0.6 is 0 Å². The largest absolute Gasteiger partial charge is 0.492 e.